The number of halogens is 4. The van der Waals surface area contributed by atoms with Crippen LogP contribution in [0.4, 0.5) is 13.2 Å². The average Bonchev–Trinajstić information content (AvgIpc) is 2.51. The molecule has 126 valence electrons. The molecule has 0 unspecified atom stereocenters. The van der Waals surface area contributed by atoms with E-state index in [1.54, 1.807) is 12.1 Å². The van der Waals surface area contributed by atoms with Crippen molar-refractivity contribution >= 4 is 23.4 Å². The summed E-state index contributed by atoms with van der Waals surface area (Å²) in [5.74, 6) is 0.934. The molecule has 6 heteroatoms. The monoisotopic (exact) mass is 370 g/mol. The zero-order valence-corrected chi connectivity index (χ0v) is 14.1. The molecule has 0 bridgehead atoms. The first kappa shape index (κ1) is 18.7. The van der Waals surface area contributed by atoms with Crippen LogP contribution in [-0.2, 0) is 6.18 Å². The van der Waals surface area contributed by atoms with E-state index in [2.05, 4.69) is 6.58 Å². The van der Waals surface area contributed by atoms with Crippen LogP contribution in [0, 0.1) is 6.92 Å². The van der Waals surface area contributed by atoms with Gasteiger partial charge in [0.1, 0.15) is 12.4 Å². The molecule has 0 N–H and O–H groups in total. The van der Waals surface area contributed by atoms with Crippen molar-refractivity contribution < 1.29 is 17.9 Å². The van der Waals surface area contributed by atoms with Crippen LogP contribution in [0.5, 0.6) is 5.75 Å². The molecule has 0 saturated heterocycles. The van der Waals surface area contributed by atoms with E-state index < -0.39 is 11.7 Å². The Kier molecular flexibility index (Phi) is 6.24. The van der Waals surface area contributed by atoms with Gasteiger partial charge in [0.05, 0.1) is 10.6 Å². The van der Waals surface area contributed by atoms with E-state index in [-0.39, 0.29) is 6.61 Å². The molecule has 1 nitrogen and oxygen atoms in total. The Balaban J connectivity index is 1.83. The first-order valence-electron chi connectivity index (χ1n) is 6.90. The van der Waals surface area contributed by atoms with Crippen LogP contribution in [0.15, 0.2) is 59.5 Å². The smallest absolute Gasteiger partial charge is 0.416 e. The topological polar surface area (TPSA) is 9.23 Å². The summed E-state index contributed by atoms with van der Waals surface area (Å²) in [5, 5.41) is 0.566. The van der Waals surface area contributed by atoms with Gasteiger partial charge in [-0.25, -0.2) is 0 Å². The molecule has 0 aliphatic rings. The molecule has 0 fully saturated rings. The minimum atomic E-state index is -4.35. The molecule has 2 aromatic rings. The third-order valence-electron chi connectivity index (χ3n) is 3.01. The van der Waals surface area contributed by atoms with Crippen molar-refractivity contribution in [3.63, 3.8) is 0 Å². The van der Waals surface area contributed by atoms with Gasteiger partial charge in [-0.2, -0.15) is 13.2 Å². The Morgan fingerprint density at radius 3 is 2.42 bits per heavy atom. The molecule has 2 radical (unpaired) electrons. The Bertz CT molecular complexity index is 711. The molecule has 0 atom stereocenters. The lowest BCUT2D eigenvalue weighted by Crippen LogP contribution is -2.05. The van der Waals surface area contributed by atoms with Crippen LogP contribution in [0.2, 0.25) is 5.02 Å². The maximum atomic E-state index is 12.5. The predicted molar refractivity (Wildman–Crippen MR) is 91.7 cm³/mol. The Labute approximate surface area is 148 Å². The molecule has 0 aliphatic carbocycles. The van der Waals surface area contributed by atoms with E-state index in [1.165, 1.54) is 23.9 Å². The van der Waals surface area contributed by atoms with E-state index >= 15 is 0 Å². The molecule has 0 spiro atoms. The van der Waals surface area contributed by atoms with E-state index in [0.29, 0.717) is 22.1 Å². The number of benzene rings is 2. The maximum Gasteiger partial charge on any atom is 0.416 e. The second kappa shape index (κ2) is 7.99. The van der Waals surface area contributed by atoms with E-state index in [9.17, 15) is 13.2 Å². The highest BCUT2D eigenvalue weighted by Gasteiger charge is 2.29. The number of rotatable bonds is 6. The van der Waals surface area contributed by atoms with Crippen molar-refractivity contribution in [2.45, 2.75) is 11.1 Å². The minimum absolute atomic E-state index is 0.213. The largest absolute Gasteiger partial charge is 0.489 e. The highest BCUT2D eigenvalue weighted by molar-refractivity contribution is 7.99. The zero-order chi connectivity index (χ0) is 17.7. The summed E-state index contributed by atoms with van der Waals surface area (Å²) >= 11 is 7.57. The molecular formula is C18H14ClF3OS. The highest BCUT2D eigenvalue weighted by Crippen LogP contribution is 2.31. The summed E-state index contributed by atoms with van der Waals surface area (Å²) < 4.78 is 42.9. The molecule has 2 rings (SSSR count). The summed E-state index contributed by atoms with van der Waals surface area (Å²) in [6.45, 7) is 9.74. The molecule has 0 aliphatic heterocycles. The van der Waals surface area contributed by atoms with E-state index in [0.717, 1.165) is 22.6 Å². The van der Waals surface area contributed by atoms with Gasteiger partial charge in [0.2, 0.25) is 0 Å². The lowest BCUT2D eigenvalue weighted by molar-refractivity contribution is -0.137. The highest BCUT2D eigenvalue weighted by atomic mass is 35.5. The first-order valence-corrected chi connectivity index (χ1v) is 8.26. The normalized spacial score (nSPS) is 11.4. The van der Waals surface area contributed by atoms with E-state index in [1.807, 2.05) is 6.07 Å². The van der Waals surface area contributed by atoms with Gasteiger partial charge in [-0.3, -0.25) is 0 Å². The molecule has 0 amide bonds. The number of ether oxygens (including phenoxy) is 1. The fourth-order valence-electron chi connectivity index (χ4n) is 1.78. The van der Waals surface area contributed by atoms with Gasteiger partial charge >= 0.3 is 6.18 Å². The van der Waals surface area contributed by atoms with Gasteiger partial charge in [-0.15, -0.1) is 11.8 Å². The SMILES string of the molecule is [CH]c1ccc(SCC(=C)COc2ccc(C(F)(F)F)cc2)c(Cl)c1. The van der Waals surface area contributed by atoms with Gasteiger partial charge in [0.25, 0.3) is 0 Å². The van der Waals surface area contributed by atoms with E-state index in [4.69, 9.17) is 23.3 Å². The third kappa shape index (κ3) is 5.49. The summed E-state index contributed by atoms with van der Waals surface area (Å²) in [7, 11) is 0. The van der Waals surface area contributed by atoms with Crippen molar-refractivity contribution in [1.82, 2.24) is 0 Å². The summed E-state index contributed by atoms with van der Waals surface area (Å²) in [6.07, 6.45) is -4.35. The fraction of sp³-hybridized carbons (Fsp3) is 0.167. The fourth-order valence-corrected chi connectivity index (χ4v) is 2.94. The third-order valence-corrected chi connectivity index (χ3v) is 4.66. The molecule has 0 saturated carbocycles. The lowest BCUT2D eigenvalue weighted by atomic mass is 10.2. The van der Waals surface area contributed by atoms with Crippen molar-refractivity contribution in [2.24, 2.45) is 0 Å². The van der Waals surface area contributed by atoms with Gasteiger partial charge < -0.3 is 4.74 Å². The molecule has 24 heavy (non-hydrogen) atoms. The van der Waals surface area contributed by atoms with Crippen LogP contribution in [0.25, 0.3) is 0 Å². The number of hydrogen-bond donors (Lipinski definition) is 0. The predicted octanol–water partition coefficient (Wildman–Crippen LogP) is 6.15. The van der Waals surface area contributed by atoms with Gasteiger partial charge in [0, 0.05) is 10.6 Å². The summed E-state index contributed by atoms with van der Waals surface area (Å²) in [5.41, 5.74) is 0.670. The Hall–Kier alpha value is -1.59. The number of hydrogen-bond acceptors (Lipinski definition) is 2. The second-order valence-electron chi connectivity index (χ2n) is 5.04. The number of alkyl halides is 3. The second-order valence-corrected chi connectivity index (χ2v) is 6.46. The van der Waals surface area contributed by atoms with Crippen molar-refractivity contribution in [3.05, 3.63) is 77.7 Å². The van der Waals surface area contributed by atoms with Crippen LogP contribution in [-0.4, -0.2) is 12.4 Å². The number of thioether (sulfide) groups is 1. The quantitative estimate of drug-likeness (QED) is 0.446. The van der Waals surface area contributed by atoms with Crippen LogP contribution in [0.3, 0.4) is 0 Å². The van der Waals surface area contributed by atoms with Gasteiger partial charge in [0.15, 0.2) is 0 Å². The molecule has 2 aromatic carbocycles. The van der Waals surface area contributed by atoms with Crippen molar-refractivity contribution in [1.29, 1.82) is 0 Å². The maximum absolute atomic E-state index is 12.5. The standard InChI is InChI=1S/C18H14ClF3OS/c1-12-3-8-17(16(19)9-12)24-11-13(2)10-23-15-6-4-14(5-7-15)18(20,21)22/h1,3-9H,2,10-11H2. The minimum Gasteiger partial charge on any atom is -0.489 e. The van der Waals surface area contributed by atoms with Crippen LogP contribution in [0.1, 0.15) is 11.1 Å². The Morgan fingerprint density at radius 2 is 1.83 bits per heavy atom. The zero-order valence-electron chi connectivity index (χ0n) is 12.6. The first-order chi connectivity index (χ1) is 11.3. The molecule has 0 aromatic heterocycles. The summed E-state index contributed by atoms with van der Waals surface area (Å²) in [4.78, 5) is 0.876. The van der Waals surface area contributed by atoms with Gasteiger partial charge in [-0.05, 0) is 54.5 Å². The van der Waals surface area contributed by atoms with Crippen molar-refractivity contribution in [2.75, 3.05) is 12.4 Å². The van der Waals surface area contributed by atoms with Crippen molar-refractivity contribution in [3.8, 4) is 5.75 Å². The van der Waals surface area contributed by atoms with Crippen LogP contribution >= 0.6 is 23.4 Å². The lowest BCUT2D eigenvalue weighted by Gasteiger charge is -2.11. The molecule has 0 heterocycles. The van der Waals surface area contributed by atoms with Crippen LogP contribution < -0.4 is 4.74 Å². The Morgan fingerprint density at radius 1 is 1.17 bits per heavy atom. The average molecular weight is 371 g/mol. The summed E-state index contributed by atoms with van der Waals surface area (Å²) in [6, 6.07) is 9.82. The molecular weight excluding hydrogens is 357 g/mol. The van der Waals surface area contributed by atoms with Gasteiger partial charge in [-0.1, -0.05) is 24.2 Å².